The van der Waals surface area contributed by atoms with Crippen molar-refractivity contribution in [3.63, 3.8) is 0 Å². The van der Waals surface area contributed by atoms with Crippen molar-refractivity contribution in [1.82, 2.24) is 10.2 Å². The molecule has 0 aromatic heterocycles. The van der Waals surface area contributed by atoms with E-state index >= 15 is 0 Å². The summed E-state index contributed by atoms with van der Waals surface area (Å²) < 4.78 is 11.1. The molecule has 2 amide bonds. The predicted molar refractivity (Wildman–Crippen MR) is 89.1 cm³/mol. The van der Waals surface area contributed by atoms with Crippen LogP contribution in [0.2, 0.25) is 5.02 Å². The van der Waals surface area contributed by atoms with Gasteiger partial charge in [-0.05, 0) is 31.0 Å². The number of carbonyl (C=O) groups excluding carboxylic acids is 1. The van der Waals surface area contributed by atoms with E-state index in [0.717, 1.165) is 56.0 Å². The Kier molecular flexibility index (Phi) is 5.28. The van der Waals surface area contributed by atoms with Crippen molar-refractivity contribution < 1.29 is 14.3 Å². The van der Waals surface area contributed by atoms with Gasteiger partial charge in [0.05, 0.1) is 13.2 Å². The smallest absolute Gasteiger partial charge is 0.317 e. The summed E-state index contributed by atoms with van der Waals surface area (Å²) in [5, 5.41) is 3.67. The van der Waals surface area contributed by atoms with Gasteiger partial charge in [0.15, 0.2) is 0 Å². The van der Waals surface area contributed by atoms with Crippen LogP contribution in [0.4, 0.5) is 4.79 Å². The van der Waals surface area contributed by atoms with Gasteiger partial charge in [-0.25, -0.2) is 4.79 Å². The van der Waals surface area contributed by atoms with Gasteiger partial charge >= 0.3 is 6.03 Å². The van der Waals surface area contributed by atoms with E-state index in [1.807, 2.05) is 24.0 Å². The molecular weight excluding hydrogens is 316 g/mol. The van der Waals surface area contributed by atoms with Crippen molar-refractivity contribution in [3.05, 3.63) is 28.3 Å². The van der Waals surface area contributed by atoms with Crippen LogP contribution < -0.4 is 10.1 Å². The fourth-order valence-electron chi connectivity index (χ4n) is 3.20. The molecule has 1 aromatic carbocycles. The Hall–Kier alpha value is -1.46. The largest absolute Gasteiger partial charge is 0.493 e. The number of ether oxygens (including phenoxy) is 2. The molecule has 3 rings (SSSR count). The average molecular weight is 339 g/mol. The summed E-state index contributed by atoms with van der Waals surface area (Å²) in [6, 6.07) is 3.78. The maximum Gasteiger partial charge on any atom is 0.317 e. The molecule has 1 fully saturated rings. The fraction of sp³-hybridized carbons (Fsp3) is 0.588. The number of likely N-dealkylation sites (tertiary alicyclic amines) is 1. The first-order valence-electron chi connectivity index (χ1n) is 8.22. The monoisotopic (exact) mass is 338 g/mol. The highest BCUT2D eigenvalue weighted by molar-refractivity contribution is 6.30. The Balaban J connectivity index is 1.54. The molecule has 5 nitrogen and oxygen atoms in total. The zero-order chi connectivity index (χ0) is 16.2. The first-order valence-corrected chi connectivity index (χ1v) is 8.59. The van der Waals surface area contributed by atoms with Crippen LogP contribution in [0.5, 0.6) is 5.75 Å². The van der Waals surface area contributed by atoms with E-state index in [1.165, 1.54) is 0 Å². The minimum Gasteiger partial charge on any atom is -0.493 e. The molecule has 2 aliphatic heterocycles. The summed E-state index contributed by atoms with van der Waals surface area (Å²) in [6.07, 6.45) is 1.88. The number of hydrogen-bond donors (Lipinski definition) is 1. The second kappa shape index (κ2) is 7.41. The van der Waals surface area contributed by atoms with E-state index < -0.39 is 0 Å². The summed E-state index contributed by atoms with van der Waals surface area (Å²) >= 11 is 6.15. The fourth-order valence-corrected chi connectivity index (χ4v) is 3.46. The molecule has 0 saturated carbocycles. The van der Waals surface area contributed by atoms with Crippen LogP contribution in [-0.2, 0) is 17.7 Å². The van der Waals surface area contributed by atoms with Gasteiger partial charge in [0.25, 0.3) is 0 Å². The number of benzene rings is 1. The topological polar surface area (TPSA) is 50.8 Å². The van der Waals surface area contributed by atoms with E-state index in [4.69, 9.17) is 21.1 Å². The molecule has 126 valence electrons. The normalized spacial score (nSPS) is 19.6. The van der Waals surface area contributed by atoms with E-state index in [2.05, 4.69) is 5.32 Å². The SMILES string of the molecule is CCOC[C@@H]1CCN(C(=O)NCc2cc(Cl)cc3c2OCC3)C1. The van der Waals surface area contributed by atoms with Crippen LogP contribution >= 0.6 is 11.6 Å². The number of nitrogens with zero attached hydrogens (tertiary/aromatic N) is 1. The highest BCUT2D eigenvalue weighted by Crippen LogP contribution is 2.32. The van der Waals surface area contributed by atoms with E-state index in [9.17, 15) is 4.79 Å². The summed E-state index contributed by atoms with van der Waals surface area (Å²) in [7, 11) is 0. The molecule has 2 aliphatic rings. The average Bonchev–Trinajstić information content (AvgIpc) is 3.19. The van der Waals surface area contributed by atoms with Gasteiger partial charge in [-0.1, -0.05) is 11.6 Å². The quantitative estimate of drug-likeness (QED) is 0.898. The zero-order valence-electron chi connectivity index (χ0n) is 13.4. The molecule has 2 heterocycles. The van der Waals surface area contributed by atoms with E-state index in [1.54, 1.807) is 0 Å². The molecule has 0 spiro atoms. The number of halogens is 1. The second-order valence-electron chi connectivity index (χ2n) is 6.07. The molecular formula is C17H23ClN2O3. The number of urea groups is 1. The molecule has 0 bridgehead atoms. The number of hydrogen-bond acceptors (Lipinski definition) is 3. The van der Waals surface area contributed by atoms with Crippen LogP contribution in [0.15, 0.2) is 12.1 Å². The minimum atomic E-state index is -0.0317. The lowest BCUT2D eigenvalue weighted by atomic mass is 10.1. The molecule has 1 N–H and O–H groups in total. The highest BCUT2D eigenvalue weighted by Gasteiger charge is 2.26. The second-order valence-corrected chi connectivity index (χ2v) is 6.51. The Bertz CT molecular complexity index is 579. The Labute approximate surface area is 141 Å². The molecule has 1 atom stereocenters. The van der Waals surface area contributed by atoms with Gasteiger partial charge in [0, 0.05) is 49.2 Å². The highest BCUT2D eigenvalue weighted by atomic mass is 35.5. The molecule has 1 aromatic rings. The third kappa shape index (κ3) is 3.90. The lowest BCUT2D eigenvalue weighted by Crippen LogP contribution is -2.38. The maximum atomic E-state index is 12.3. The molecule has 0 aliphatic carbocycles. The van der Waals surface area contributed by atoms with Gasteiger partial charge in [-0.3, -0.25) is 0 Å². The Morgan fingerprint density at radius 3 is 3.22 bits per heavy atom. The molecule has 0 unspecified atom stereocenters. The standard InChI is InChI=1S/C17H23ClN2O3/c1-2-22-11-12-3-5-20(10-12)17(21)19-9-14-8-15(18)7-13-4-6-23-16(13)14/h7-8,12H,2-6,9-11H2,1H3,(H,19,21)/t12-/m1/s1. The molecule has 6 heteroatoms. The zero-order valence-corrected chi connectivity index (χ0v) is 14.2. The van der Waals surface area contributed by atoms with Crippen LogP contribution in [0.3, 0.4) is 0 Å². The van der Waals surface area contributed by atoms with Crippen LogP contribution in [0.25, 0.3) is 0 Å². The number of amides is 2. The number of carbonyl (C=O) groups is 1. The predicted octanol–water partition coefficient (Wildman–Crippen LogP) is 2.84. The van der Waals surface area contributed by atoms with Crippen molar-refractivity contribution >= 4 is 17.6 Å². The number of fused-ring (bicyclic) bond motifs is 1. The first-order chi connectivity index (χ1) is 11.2. The lowest BCUT2D eigenvalue weighted by Gasteiger charge is -2.18. The molecule has 1 saturated heterocycles. The number of rotatable bonds is 5. The van der Waals surface area contributed by atoms with Crippen LogP contribution in [-0.4, -0.2) is 43.8 Å². The van der Waals surface area contributed by atoms with Crippen LogP contribution in [0.1, 0.15) is 24.5 Å². The van der Waals surface area contributed by atoms with Crippen molar-refractivity contribution in [1.29, 1.82) is 0 Å². The molecule has 23 heavy (non-hydrogen) atoms. The lowest BCUT2D eigenvalue weighted by molar-refractivity contribution is 0.113. The summed E-state index contributed by atoms with van der Waals surface area (Å²) in [6.45, 7) is 6.11. The third-order valence-electron chi connectivity index (χ3n) is 4.39. The van der Waals surface area contributed by atoms with Crippen molar-refractivity contribution in [2.75, 3.05) is 32.9 Å². The maximum absolute atomic E-state index is 12.3. The van der Waals surface area contributed by atoms with Gasteiger partial charge < -0.3 is 19.7 Å². The van der Waals surface area contributed by atoms with Gasteiger partial charge in [0.2, 0.25) is 0 Å². The summed E-state index contributed by atoms with van der Waals surface area (Å²) in [4.78, 5) is 14.2. The van der Waals surface area contributed by atoms with Crippen molar-refractivity contribution in [2.45, 2.75) is 26.3 Å². The van der Waals surface area contributed by atoms with Crippen molar-refractivity contribution in [2.24, 2.45) is 5.92 Å². The summed E-state index contributed by atoms with van der Waals surface area (Å²) in [5.74, 6) is 1.32. The number of nitrogens with one attached hydrogen (secondary N) is 1. The van der Waals surface area contributed by atoms with E-state index in [-0.39, 0.29) is 6.03 Å². The third-order valence-corrected chi connectivity index (χ3v) is 4.60. The minimum absolute atomic E-state index is 0.0317. The van der Waals surface area contributed by atoms with Crippen LogP contribution in [0, 0.1) is 5.92 Å². The van der Waals surface area contributed by atoms with Gasteiger partial charge in [-0.2, -0.15) is 0 Å². The van der Waals surface area contributed by atoms with Crippen molar-refractivity contribution in [3.8, 4) is 5.75 Å². The Morgan fingerprint density at radius 2 is 2.39 bits per heavy atom. The summed E-state index contributed by atoms with van der Waals surface area (Å²) in [5.41, 5.74) is 2.07. The van der Waals surface area contributed by atoms with E-state index in [0.29, 0.717) is 24.1 Å². The van der Waals surface area contributed by atoms with Gasteiger partial charge in [0.1, 0.15) is 5.75 Å². The van der Waals surface area contributed by atoms with Gasteiger partial charge in [-0.15, -0.1) is 0 Å². The molecule has 0 radical (unpaired) electrons. The first kappa shape index (κ1) is 16.4. The Morgan fingerprint density at radius 1 is 1.52 bits per heavy atom.